The lowest BCUT2D eigenvalue weighted by atomic mass is 10.1. The van der Waals surface area contributed by atoms with E-state index in [1.54, 1.807) is 24.5 Å². The summed E-state index contributed by atoms with van der Waals surface area (Å²) in [4.78, 5) is 8.55. The van der Waals surface area contributed by atoms with Crippen molar-refractivity contribution in [3.63, 3.8) is 0 Å². The Bertz CT molecular complexity index is 840. The lowest BCUT2D eigenvalue weighted by Gasteiger charge is -2.08. The maximum Gasteiger partial charge on any atom is 0.387 e. The van der Waals surface area contributed by atoms with Gasteiger partial charge in [-0.1, -0.05) is 24.3 Å². The second-order valence-corrected chi connectivity index (χ2v) is 5.50. The van der Waals surface area contributed by atoms with E-state index in [2.05, 4.69) is 20.0 Å². The van der Waals surface area contributed by atoms with Crippen LogP contribution in [-0.4, -0.2) is 28.3 Å². The first-order valence-electron chi connectivity index (χ1n) is 7.98. The summed E-state index contributed by atoms with van der Waals surface area (Å²) < 4.78 is 28.7. The molecule has 3 rings (SSSR count). The normalized spacial score (nSPS) is 10.8. The third-order valence-electron chi connectivity index (χ3n) is 3.65. The summed E-state index contributed by atoms with van der Waals surface area (Å²) in [6, 6.07) is 13.9. The molecule has 0 spiro atoms. The fourth-order valence-electron chi connectivity index (χ4n) is 2.43. The average Bonchev–Trinajstić information content (AvgIpc) is 2.63. The Kier molecular flexibility index (Phi) is 5.70. The van der Waals surface area contributed by atoms with Crippen molar-refractivity contribution in [1.29, 1.82) is 0 Å². The predicted octanol–water partition coefficient (Wildman–Crippen LogP) is 4.02. The standard InChI is InChI=1S/C19H17F2N3O2/c20-18(21)26-17-6-4-14(5-7-17)15-11-22-19(23-12-15)24-16-3-1-2-13(10-16)8-9-25/h1-7,10-12,18,25H,8-9H2,(H,22,23,24). The average molecular weight is 357 g/mol. The zero-order valence-electron chi connectivity index (χ0n) is 13.8. The van der Waals surface area contributed by atoms with E-state index in [1.165, 1.54) is 12.1 Å². The lowest BCUT2D eigenvalue weighted by Crippen LogP contribution is -2.01. The summed E-state index contributed by atoms with van der Waals surface area (Å²) in [5, 5.41) is 12.1. The topological polar surface area (TPSA) is 67.3 Å². The van der Waals surface area contributed by atoms with Gasteiger partial charge in [-0.25, -0.2) is 9.97 Å². The van der Waals surface area contributed by atoms with Gasteiger partial charge < -0.3 is 15.2 Å². The number of hydrogen-bond acceptors (Lipinski definition) is 5. The van der Waals surface area contributed by atoms with Crippen LogP contribution in [0.3, 0.4) is 0 Å². The molecule has 0 saturated carbocycles. The van der Waals surface area contributed by atoms with E-state index in [0.717, 1.165) is 22.4 Å². The molecule has 5 nitrogen and oxygen atoms in total. The number of halogens is 2. The first kappa shape index (κ1) is 17.8. The van der Waals surface area contributed by atoms with Crippen molar-refractivity contribution in [3.8, 4) is 16.9 Å². The van der Waals surface area contributed by atoms with Gasteiger partial charge in [0.15, 0.2) is 0 Å². The molecule has 0 aliphatic rings. The minimum Gasteiger partial charge on any atom is -0.435 e. The zero-order chi connectivity index (χ0) is 18.4. The van der Waals surface area contributed by atoms with E-state index in [0.29, 0.717) is 12.4 Å². The number of aliphatic hydroxyl groups is 1. The van der Waals surface area contributed by atoms with Crippen LogP contribution >= 0.6 is 0 Å². The van der Waals surface area contributed by atoms with E-state index < -0.39 is 6.61 Å². The summed E-state index contributed by atoms with van der Waals surface area (Å²) in [6.07, 6.45) is 3.88. The molecule has 0 atom stereocenters. The van der Waals surface area contributed by atoms with Crippen LogP contribution in [0, 0.1) is 0 Å². The van der Waals surface area contributed by atoms with Crippen molar-refractivity contribution in [2.24, 2.45) is 0 Å². The molecule has 0 amide bonds. The van der Waals surface area contributed by atoms with Gasteiger partial charge >= 0.3 is 6.61 Å². The van der Waals surface area contributed by atoms with Gasteiger partial charge in [0.1, 0.15) is 5.75 Å². The molecule has 0 aliphatic carbocycles. The van der Waals surface area contributed by atoms with Gasteiger partial charge in [-0.2, -0.15) is 8.78 Å². The Morgan fingerprint density at radius 3 is 2.38 bits per heavy atom. The van der Waals surface area contributed by atoms with Crippen LogP contribution in [0.4, 0.5) is 20.4 Å². The highest BCUT2D eigenvalue weighted by Gasteiger charge is 2.06. The molecule has 3 aromatic rings. The molecule has 0 fully saturated rings. The van der Waals surface area contributed by atoms with Crippen molar-refractivity contribution < 1.29 is 18.6 Å². The molecule has 0 radical (unpaired) electrons. The summed E-state index contributed by atoms with van der Waals surface area (Å²) in [7, 11) is 0. The molecule has 134 valence electrons. The number of aromatic nitrogens is 2. The number of nitrogens with one attached hydrogen (secondary N) is 1. The van der Waals surface area contributed by atoms with Crippen LogP contribution in [0.25, 0.3) is 11.1 Å². The van der Waals surface area contributed by atoms with Gasteiger partial charge in [0.05, 0.1) is 0 Å². The molecule has 0 unspecified atom stereocenters. The van der Waals surface area contributed by atoms with Crippen LogP contribution in [-0.2, 0) is 6.42 Å². The van der Waals surface area contributed by atoms with Crippen molar-refractivity contribution in [2.75, 3.05) is 11.9 Å². The lowest BCUT2D eigenvalue weighted by molar-refractivity contribution is -0.0498. The fourth-order valence-corrected chi connectivity index (χ4v) is 2.43. The molecule has 1 aromatic heterocycles. The highest BCUT2D eigenvalue weighted by Crippen LogP contribution is 2.23. The van der Waals surface area contributed by atoms with Gasteiger partial charge in [0, 0.05) is 30.3 Å². The Balaban J connectivity index is 1.69. The SMILES string of the molecule is OCCc1cccc(Nc2ncc(-c3ccc(OC(F)F)cc3)cn2)c1. The summed E-state index contributed by atoms with van der Waals surface area (Å²) in [5.74, 6) is 0.540. The smallest absolute Gasteiger partial charge is 0.387 e. The monoisotopic (exact) mass is 357 g/mol. The predicted molar refractivity (Wildman–Crippen MR) is 94.6 cm³/mol. The Labute approximate surface area is 149 Å². The van der Waals surface area contributed by atoms with Crippen LogP contribution in [0.15, 0.2) is 60.9 Å². The molecule has 0 bridgehead atoms. The zero-order valence-corrected chi connectivity index (χ0v) is 13.8. The largest absolute Gasteiger partial charge is 0.435 e. The quantitative estimate of drug-likeness (QED) is 0.668. The second-order valence-electron chi connectivity index (χ2n) is 5.50. The van der Waals surface area contributed by atoms with Crippen molar-refractivity contribution in [3.05, 3.63) is 66.5 Å². The van der Waals surface area contributed by atoms with Gasteiger partial charge in [-0.15, -0.1) is 0 Å². The number of benzene rings is 2. The van der Waals surface area contributed by atoms with Crippen LogP contribution < -0.4 is 10.1 Å². The second kappa shape index (κ2) is 8.35. The summed E-state index contributed by atoms with van der Waals surface area (Å²) in [5.41, 5.74) is 3.40. The summed E-state index contributed by atoms with van der Waals surface area (Å²) >= 11 is 0. The van der Waals surface area contributed by atoms with Crippen molar-refractivity contribution in [2.45, 2.75) is 13.0 Å². The van der Waals surface area contributed by atoms with E-state index in [9.17, 15) is 8.78 Å². The number of rotatable bonds is 7. The molecule has 26 heavy (non-hydrogen) atoms. The van der Waals surface area contributed by atoms with Gasteiger partial charge in [0.25, 0.3) is 0 Å². The minimum absolute atomic E-state index is 0.0930. The maximum absolute atomic E-state index is 12.2. The molecular formula is C19H17F2N3O2. The molecule has 7 heteroatoms. The Hall–Kier alpha value is -3.06. The first-order valence-corrected chi connectivity index (χ1v) is 7.98. The number of anilines is 2. The van der Waals surface area contributed by atoms with E-state index in [4.69, 9.17) is 5.11 Å². The molecule has 0 aliphatic heterocycles. The molecule has 0 saturated heterocycles. The van der Waals surface area contributed by atoms with E-state index in [-0.39, 0.29) is 12.4 Å². The van der Waals surface area contributed by atoms with Crippen LogP contribution in [0.1, 0.15) is 5.56 Å². The number of hydrogen-bond donors (Lipinski definition) is 2. The molecular weight excluding hydrogens is 340 g/mol. The molecule has 2 N–H and O–H groups in total. The minimum atomic E-state index is -2.84. The van der Waals surface area contributed by atoms with Crippen molar-refractivity contribution in [1.82, 2.24) is 9.97 Å². The van der Waals surface area contributed by atoms with E-state index >= 15 is 0 Å². The third kappa shape index (κ3) is 4.73. The number of nitrogens with zero attached hydrogens (tertiary/aromatic N) is 2. The highest BCUT2D eigenvalue weighted by molar-refractivity contribution is 5.63. The van der Waals surface area contributed by atoms with Crippen molar-refractivity contribution >= 4 is 11.6 Å². The number of aliphatic hydroxyl groups excluding tert-OH is 1. The molecule has 2 aromatic carbocycles. The first-order chi connectivity index (χ1) is 12.6. The molecule has 1 heterocycles. The Morgan fingerprint density at radius 1 is 1.00 bits per heavy atom. The van der Waals surface area contributed by atoms with Gasteiger partial charge in [-0.05, 0) is 41.8 Å². The fraction of sp³-hybridized carbons (Fsp3) is 0.158. The van der Waals surface area contributed by atoms with E-state index in [1.807, 2.05) is 24.3 Å². The third-order valence-corrected chi connectivity index (χ3v) is 3.65. The maximum atomic E-state index is 12.2. The van der Waals surface area contributed by atoms with Crippen LogP contribution in [0.5, 0.6) is 5.75 Å². The Morgan fingerprint density at radius 2 is 1.73 bits per heavy atom. The van der Waals surface area contributed by atoms with Crippen LogP contribution in [0.2, 0.25) is 0 Å². The van der Waals surface area contributed by atoms with Gasteiger partial charge in [0.2, 0.25) is 5.95 Å². The number of alkyl halides is 2. The number of ether oxygens (including phenoxy) is 1. The summed E-state index contributed by atoms with van der Waals surface area (Å²) in [6.45, 7) is -2.75. The highest BCUT2D eigenvalue weighted by atomic mass is 19.3. The van der Waals surface area contributed by atoms with Gasteiger partial charge in [-0.3, -0.25) is 0 Å².